The number of alkyl halides is 5. The summed E-state index contributed by atoms with van der Waals surface area (Å²) in [6, 6.07) is 12.3. The highest BCUT2D eigenvalue weighted by molar-refractivity contribution is 7.69. The first kappa shape index (κ1) is 37.2. The lowest BCUT2D eigenvalue weighted by Crippen LogP contribution is -2.45. The summed E-state index contributed by atoms with van der Waals surface area (Å²) < 4.78 is 95.1. The van der Waals surface area contributed by atoms with Crippen LogP contribution in [0.2, 0.25) is 10.0 Å². The maximum Gasteiger partial charge on any atom is 0.416 e. The number of nitrogens with zero attached hydrogens (tertiary/aromatic N) is 5. The van der Waals surface area contributed by atoms with Crippen molar-refractivity contribution >= 4 is 51.3 Å². The highest BCUT2D eigenvalue weighted by Gasteiger charge is 2.42. The molecule has 9 nitrogen and oxygen atoms in total. The molecule has 4 aromatic rings. The molecule has 270 valence electrons. The van der Waals surface area contributed by atoms with Gasteiger partial charge < -0.3 is 0 Å². The quantitative estimate of drug-likeness (QED) is 0.113. The van der Waals surface area contributed by atoms with Crippen molar-refractivity contribution < 1.29 is 35.2 Å². The molecule has 4 heterocycles. The number of thiophene rings is 1. The maximum atomic E-state index is 14.3. The van der Waals surface area contributed by atoms with E-state index in [2.05, 4.69) is 22.4 Å². The Kier molecular flexibility index (Phi) is 11.1. The molecule has 0 saturated carbocycles. The molecule has 51 heavy (non-hydrogen) atoms. The third kappa shape index (κ3) is 8.74. The minimum atomic E-state index is -4.49. The fourth-order valence-corrected chi connectivity index (χ4v) is 7.81. The lowest BCUT2D eigenvalue weighted by Gasteiger charge is -2.27. The monoisotopic (exact) mass is 786 g/mol. The molecule has 2 saturated heterocycles. The van der Waals surface area contributed by atoms with Gasteiger partial charge in [-0.25, -0.2) is 31.9 Å². The Bertz CT molecular complexity index is 2060. The first-order chi connectivity index (χ1) is 24.2. The Morgan fingerprint density at radius 3 is 2.35 bits per heavy atom. The van der Waals surface area contributed by atoms with Crippen LogP contribution in [0.3, 0.4) is 0 Å². The van der Waals surface area contributed by atoms with Crippen LogP contribution in [-0.4, -0.2) is 70.6 Å². The van der Waals surface area contributed by atoms with Crippen molar-refractivity contribution in [3.05, 3.63) is 91.9 Å². The molecule has 2 aromatic carbocycles. The standard InChI is InChI=1S/C33H29Cl2F5N6O3S2/c34-23-9-12-27(26(35)18-23)46-30(28-13-11-24(50-28)10-6-21-4-7-22(8-5-21)33(38,39)40)25(19-45(51(48)49)44-17-14-32(36,37)20-44)29(41-46)31(47)42-43-15-2-1-3-16-43/h4-5,7-9,11-13,18,51H,1-3,14-17,19-20H2,(H,42,47). The van der Waals surface area contributed by atoms with E-state index in [0.717, 1.165) is 52.2 Å². The second-order valence-electron chi connectivity index (χ2n) is 11.9. The first-order valence-electron chi connectivity index (χ1n) is 15.7. The van der Waals surface area contributed by atoms with Crippen molar-refractivity contribution in [1.29, 1.82) is 0 Å². The number of hydrazine groups is 2. The van der Waals surface area contributed by atoms with Crippen molar-refractivity contribution in [2.75, 3.05) is 26.2 Å². The Morgan fingerprint density at radius 2 is 1.73 bits per heavy atom. The predicted molar refractivity (Wildman–Crippen MR) is 184 cm³/mol. The van der Waals surface area contributed by atoms with Gasteiger partial charge >= 0.3 is 6.18 Å². The van der Waals surface area contributed by atoms with Gasteiger partial charge in [0.15, 0.2) is 5.69 Å². The van der Waals surface area contributed by atoms with E-state index in [1.54, 1.807) is 29.3 Å². The average Bonchev–Trinajstić information content (AvgIpc) is 3.79. The van der Waals surface area contributed by atoms with Crippen molar-refractivity contribution in [1.82, 2.24) is 29.6 Å². The van der Waals surface area contributed by atoms with Crippen LogP contribution >= 0.6 is 34.5 Å². The van der Waals surface area contributed by atoms with Gasteiger partial charge in [0.2, 0.25) is 10.9 Å². The third-order valence-electron chi connectivity index (χ3n) is 8.30. The Labute approximate surface area is 305 Å². The average molecular weight is 788 g/mol. The number of benzene rings is 2. The summed E-state index contributed by atoms with van der Waals surface area (Å²) in [6.45, 7) is -0.403. The van der Waals surface area contributed by atoms with Gasteiger partial charge in [-0.05, 0) is 67.4 Å². The molecule has 1 N–H and O–H groups in total. The highest BCUT2D eigenvalue weighted by Crippen LogP contribution is 2.38. The number of halogens is 7. The Morgan fingerprint density at radius 1 is 1.00 bits per heavy atom. The molecule has 2 aliphatic rings. The number of thiol groups is 1. The van der Waals surface area contributed by atoms with E-state index in [-0.39, 0.29) is 28.5 Å². The molecule has 0 atom stereocenters. The minimum Gasteiger partial charge on any atom is -0.283 e. The second-order valence-corrected chi connectivity index (χ2v) is 14.8. The number of aromatic nitrogens is 2. The Hall–Kier alpha value is -3.56. The van der Waals surface area contributed by atoms with Crippen molar-refractivity contribution in [3.63, 3.8) is 0 Å². The van der Waals surface area contributed by atoms with Gasteiger partial charge in [0.05, 0.1) is 44.8 Å². The van der Waals surface area contributed by atoms with E-state index >= 15 is 0 Å². The van der Waals surface area contributed by atoms with Crippen molar-refractivity contribution in [2.45, 2.75) is 44.3 Å². The molecule has 2 fully saturated rings. The predicted octanol–water partition coefficient (Wildman–Crippen LogP) is 7.04. The van der Waals surface area contributed by atoms with Crippen molar-refractivity contribution in [2.24, 2.45) is 0 Å². The lowest BCUT2D eigenvalue weighted by molar-refractivity contribution is -0.137. The van der Waals surface area contributed by atoms with E-state index in [1.807, 2.05) is 0 Å². The first-order valence-corrected chi connectivity index (χ1v) is 18.4. The van der Waals surface area contributed by atoms with Gasteiger partial charge in [0.1, 0.15) is 0 Å². The van der Waals surface area contributed by atoms with E-state index in [9.17, 15) is 35.2 Å². The molecular weight excluding hydrogens is 758 g/mol. The molecule has 0 radical (unpaired) electrons. The van der Waals surface area contributed by atoms with Gasteiger partial charge in [-0.15, -0.1) is 15.8 Å². The van der Waals surface area contributed by atoms with Crippen LogP contribution in [-0.2, 0) is 23.6 Å². The number of rotatable bonds is 8. The van der Waals surface area contributed by atoms with Crippen LogP contribution < -0.4 is 5.43 Å². The fraction of sp³-hybridized carbons (Fsp3) is 0.333. The van der Waals surface area contributed by atoms with Crippen LogP contribution in [0.25, 0.3) is 16.3 Å². The van der Waals surface area contributed by atoms with E-state index < -0.39 is 54.0 Å². The van der Waals surface area contributed by atoms with Gasteiger partial charge in [-0.3, -0.25) is 10.2 Å². The third-order valence-corrected chi connectivity index (χ3v) is 10.6. The van der Waals surface area contributed by atoms with Gasteiger partial charge in [0, 0.05) is 42.2 Å². The summed E-state index contributed by atoms with van der Waals surface area (Å²) in [5.41, 5.74) is 2.91. The number of hydrogen-bond acceptors (Lipinski definition) is 7. The molecule has 18 heteroatoms. The van der Waals surface area contributed by atoms with E-state index in [1.165, 1.54) is 22.9 Å². The minimum absolute atomic E-state index is 0.119. The highest BCUT2D eigenvalue weighted by atomic mass is 35.5. The molecule has 0 bridgehead atoms. The number of piperidine rings is 1. The normalized spacial score (nSPS) is 16.8. The van der Waals surface area contributed by atoms with Gasteiger partial charge in [-0.1, -0.05) is 41.5 Å². The number of carbonyl (C=O) groups excluding carboxylic acids is 1. The van der Waals surface area contributed by atoms with Gasteiger partial charge in [-0.2, -0.15) is 18.3 Å². The largest absolute Gasteiger partial charge is 0.416 e. The molecule has 2 aliphatic heterocycles. The molecule has 0 aliphatic carbocycles. The van der Waals surface area contributed by atoms with Crippen LogP contribution in [0.15, 0.2) is 54.6 Å². The number of nitrogens with one attached hydrogen (secondary N) is 1. The van der Waals surface area contributed by atoms with Crippen molar-refractivity contribution in [3.8, 4) is 28.1 Å². The molecule has 2 aromatic heterocycles. The second kappa shape index (κ2) is 15.2. The van der Waals surface area contributed by atoms with Crippen LogP contribution in [0, 0.1) is 11.8 Å². The van der Waals surface area contributed by atoms with Crippen LogP contribution in [0.1, 0.15) is 57.7 Å². The molecular formula is C33H29Cl2F5N6O3S2. The SMILES string of the molecule is O=C(NN1CCCCC1)c1nn(-c2ccc(Cl)cc2Cl)c(-c2ccc(C#Cc3ccc(C(F)(F)F)cc3)s2)c1CN(N1CCC(F)(F)C1)[SH](=O)=O. The van der Waals surface area contributed by atoms with Gasteiger partial charge in [0.25, 0.3) is 11.8 Å². The number of hydrogen-bond donors (Lipinski definition) is 2. The number of carbonyl (C=O) groups is 1. The Balaban J connectivity index is 1.47. The summed E-state index contributed by atoms with van der Waals surface area (Å²) in [7, 11) is -3.45. The zero-order valence-electron chi connectivity index (χ0n) is 26.5. The lowest BCUT2D eigenvalue weighted by atomic mass is 10.1. The van der Waals surface area contributed by atoms with E-state index in [4.69, 9.17) is 23.2 Å². The topological polar surface area (TPSA) is 90.8 Å². The summed E-state index contributed by atoms with van der Waals surface area (Å²) in [5.74, 6) is 2.02. The summed E-state index contributed by atoms with van der Waals surface area (Å²) >= 11 is 14.0. The number of amides is 1. The van der Waals surface area contributed by atoms with Crippen LogP contribution in [0.5, 0.6) is 0 Å². The summed E-state index contributed by atoms with van der Waals surface area (Å²) in [6.07, 6.45) is -2.33. The summed E-state index contributed by atoms with van der Waals surface area (Å²) in [5, 5.41) is 7.91. The van der Waals surface area contributed by atoms with Crippen LogP contribution in [0.4, 0.5) is 22.0 Å². The fourth-order valence-electron chi connectivity index (χ4n) is 5.79. The zero-order valence-corrected chi connectivity index (χ0v) is 29.7. The molecule has 0 spiro atoms. The maximum absolute atomic E-state index is 14.3. The molecule has 1 amide bonds. The smallest absolute Gasteiger partial charge is 0.283 e. The van der Waals surface area contributed by atoms with E-state index in [0.29, 0.717) is 39.1 Å². The summed E-state index contributed by atoms with van der Waals surface area (Å²) in [4.78, 5) is 14.9. The zero-order chi connectivity index (χ0) is 36.5. The molecule has 0 unspecified atom stereocenters. The molecule has 6 rings (SSSR count).